The molecule has 1 aromatic rings. The van der Waals surface area contributed by atoms with Gasteiger partial charge in [-0.25, -0.2) is 4.79 Å². The first-order valence-corrected chi connectivity index (χ1v) is 8.29. The Kier molecular flexibility index (Phi) is 4.73. The minimum atomic E-state index is 0.0914. The number of likely N-dealkylation sites (tertiary alicyclic amines) is 1. The number of carbonyl (C=O) groups is 1. The fourth-order valence-corrected chi connectivity index (χ4v) is 3.82. The number of urea groups is 1. The first-order valence-electron chi connectivity index (χ1n) is 8.29. The van der Waals surface area contributed by atoms with E-state index in [0.29, 0.717) is 12.6 Å². The largest absolute Gasteiger partial charge is 0.332 e. The second-order valence-electron chi connectivity index (χ2n) is 6.28. The van der Waals surface area contributed by atoms with Gasteiger partial charge in [-0.3, -0.25) is 4.98 Å². The van der Waals surface area contributed by atoms with E-state index in [0.717, 1.165) is 24.6 Å². The molecule has 2 heterocycles. The van der Waals surface area contributed by atoms with Crippen LogP contribution in [0, 0.1) is 5.92 Å². The third kappa shape index (κ3) is 3.55. The van der Waals surface area contributed by atoms with Crippen molar-refractivity contribution in [1.29, 1.82) is 0 Å². The van der Waals surface area contributed by atoms with Gasteiger partial charge in [0.15, 0.2) is 0 Å². The predicted molar refractivity (Wildman–Crippen MR) is 82.8 cm³/mol. The number of hydrogen-bond donors (Lipinski definition) is 1. The van der Waals surface area contributed by atoms with Crippen molar-refractivity contribution < 1.29 is 4.79 Å². The molecule has 0 radical (unpaired) electrons. The van der Waals surface area contributed by atoms with Gasteiger partial charge >= 0.3 is 6.03 Å². The Morgan fingerprint density at radius 3 is 2.81 bits per heavy atom. The molecule has 2 aliphatic rings. The molecule has 1 aliphatic carbocycles. The van der Waals surface area contributed by atoms with Crippen molar-refractivity contribution in [1.82, 2.24) is 15.2 Å². The van der Waals surface area contributed by atoms with E-state index >= 15 is 0 Å². The zero-order valence-corrected chi connectivity index (χ0v) is 12.6. The molecule has 2 amide bonds. The van der Waals surface area contributed by atoms with E-state index in [2.05, 4.69) is 15.2 Å². The maximum Gasteiger partial charge on any atom is 0.317 e. The van der Waals surface area contributed by atoms with E-state index in [1.165, 1.54) is 38.5 Å². The zero-order chi connectivity index (χ0) is 14.5. The molecule has 1 atom stereocenters. The number of amides is 2. The van der Waals surface area contributed by atoms with E-state index in [1.54, 1.807) is 6.20 Å². The summed E-state index contributed by atoms with van der Waals surface area (Å²) in [5.41, 5.74) is 0.916. The molecule has 0 bridgehead atoms. The second kappa shape index (κ2) is 6.92. The number of nitrogens with zero attached hydrogens (tertiary/aromatic N) is 2. The van der Waals surface area contributed by atoms with E-state index in [4.69, 9.17) is 0 Å². The molecule has 1 N–H and O–H groups in total. The van der Waals surface area contributed by atoms with Gasteiger partial charge in [0, 0.05) is 18.8 Å². The van der Waals surface area contributed by atoms with E-state index in [1.807, 2.05) is 18.2 Å². The zero-order valence-electron chi connectivity index (χ0n) is 12.6. The predicted octanol–water partition coefficient (Wildman–Crippen LogP) is 3.34. The van der Waals surface area contributed by atoms with Crippen LogP contribution in [0.5, 0.6) is 0 Å². The molecular formula is C17H25N3O. The van der Waals surface area contributed by atoms with Gasteiger partial charge in [-0.1, -0.05) is 25.3 Å². The van der Waals surface area contributed by atoms with Crippen LogP contribution in [0.4, 0.5) is 4.79 Å². The fraction of sp³-hybridized carbons (Fsp3) is 0.647. The molecule has 3 rings (SSSR count). The van der Waals surface area contributed by atoms with Crippen LogP contribution in [0.1, 0.15) is 50.6 Å². The third-order valence-electron chi connectivity index (χ3n) is 4.90. The molecule has 0 aromatic carbocycles. The first-order chi connectivity index (χ1) is 10.3. The normalized spacial score (nSPS) is 23.2. The number of nitrogens with one attached hydrogen (secondary N) is 1. The highest BCUT2D eigenvalue weighted by atomic mass is 16.2. The maximum atomic E-state index is 12.5. The minimum Gasteiger partial charge on any atom is -0.332 e. The molecule has 1 saturated carbocycles. The van der Waals surface area contributed by atoms with Crippen LogP contribution in [-0.2, 0) is 6.54 Å². The van der Waals surface area contributed by atoms with Gasteiger partial charge in [0.25, 0.3) is 0 Å². The van der Waals surface area contributed by atoms with Crippen molar-refractivity contribution in [3.63, 3.8) is 0 Å². The van der Waals surface area contributed by atoms with Crippen molar-refractivity contribution in [2.75, 3.05) is 6.54 Å². The molecule has 1 saturated heterocycles. The Balaban J connectivity index is 1.55. The average Bonchev–Trinajstić information content (AvgIpc) is 3.04. The van der Waals surface area contributed by atoms with Crippen LogP contribution in [0.2, 0.25) is 0 Å². The minimum absolute atomic E-state index is 0.0914. The molecular weight excluding hydrogens is 262 g/mol. The van der Waals surface area contributed by atoms with Crippen molar-refractivity contribution in [3.8, 4) is 0 Å². The SMILES string of the molecule is O=C(NCc1ccccn1)N1CCC[C@H]1C1CCCCC1. The van der Waals surface area contributed by atoms with Crippen molar-refractivity contribution in [3.05, 3.63) is 30.1 Å². The maximum absolute atomic E-state index is 12.5. The lowest BCUT2D eigenvalue weighted by molar-refractivity contribution is 0.156. The van der Waals surface area contributed by atoms with Gasteiger partial charge in [0.1, 0.15) is 0 Å². The summed E-state index contributed by atoms with van der Waals surface area (Å²) in [6, 6.07) is 6.35. The van der Waals surface area contributed by atoms with Crippen LogP contribution in [0.15, 0.2) is 24.4 Å². The molecule has 0 unspecified atom stereocenters. The number of rotatable bonds is 3. The summed E-state index contributed by atoms with van der Waals surface area (Å²) in [6.07, 6.45) is 10.7. The molecule has 1 aromatic heterocycles. The smallest absolute Gasteiger partial charge is 0.317 e. The lowest BCUT2D eigenvalue weighted by Crippen LogP contribution is -2.45. The average molecular weight is 287 g/mol. The summed E-state index contributed by atoms with van der Waals surface area (Å²) in [5, 5.41) is 3.03. The first kappa shape index (κ1) is 14.4. The summed E-state index contributed by atoms with van der Waals surface area (Å²) in [6.45, 7) is 1.43. The molecule has 4 nitrogen and oxygen atoms in total. The summed E-state index contributed by atoms with van der Waals surface area (Å²) < 4.78 is 0. The Morgan fingerprint density at radius 2 is 2.05 bits per heavy atom. The highest BCUT2D eigenvalue weighted by Crippen LogP contribution is 2.34. The fourth-order valence-electron chi connectivity index (χ4n) is 3.82. The Morgan fingerprint density at radius 1 is 1.19 bits per heavy atom. The molecule has 114 valence electrons. The monoisotopic (exact) mass is 287 g/mol. The highest BCUT2D eigenvalue weighted by Gasteiger charge is 2.34. The molecule has 2 fully saturated rings. The van der Waals surface area contributed by atoms with Gasteiger partial charge in [-0.05, 0) is 43.7 Å². The summed E-state index contributed by atoms with van der Waals surface area (Å²) in [5.74, 6) is 0.724. The quantitative estimate of drug-likeness (QED) is 0.926. The van der Waals surface area contributed by atoms with Crippen molar-refractivity contribution in [2.45, 2.75) is 57.5 Å². The van der Waals surface area contributed by atoms with Gasteiger partial charge in [-0.15, -0.1) is 0 Å². The number of hydrogen-bond acceptors (Lipinski definition) is 2. The Hall–Kier alpha value is -1.58. The lowest BCUT2D eigenvalue weighted by atomic mass is 9.83. The van der Waals surface area contributed by atoms with Crippen LogP contribution < -0.4 is 5.32 Å². The molecule has 4 heteroatoms. The van der Waals surface area contributed by atoms with E-state index in [-0.39, 0.29) is 6.03 Å². The van der Waals surface area contributed by atoms with Crippen LogP contribution >= 0.6 is 0 Å². The lowest BCUT2D eigenvalue weighted by Gasteiger charge is -2.34. The molecule has 21 heavy (non-hydrogen) atoms. The number of pyridine rings is 1. The van der Waals surface area contributed by atoms with Gasteiger partial charge in [-0.2, -0.15) is 0 Å². The van der Waals surface area contributed by atoms with Crippen LogP contribution in [0.25, 0.3) is 0 Å². The van der Waals surface area contributed by atoms with Crippen LogP contribution in [-0.4, -0.2) is 28.5 Å². The summed E-state index contributed by atoms with van der Waals surface area (Å²) >= 11 is 0. The number of carbonyl (C=O) groups excluding carboxylic acids is 1. The number of aromatic nitrogens is 1. The standard InChI is InChI=1S/C17H25N3O/c21-17(19-13-15-9-4-5-11-18-15)20-12-6-10-16(20)14-7-2-1-3-8-14/h4-5,9,11,14,16H,1-3,6-8,10,12-13H2,(H,19,21)/t16-/m0/s1. The highest BCUT2D eigenvalue weighted by molar-refractivity contribution is 5.74. The van der Waals surface area contributed by atoms with Crippen molar-refractivity contribution >= 4 is 6.03 Å². The van der Waals surface area contributed by atoms with Crippen LogP contribution in [0.3, 0.4) is 0 Å². The topological polar surface area (TPSA) is 45.2 Å². The Bertz CT molecular complexity index is 456. The summed E-state index contributed by atoms with van der Waals surface area (Å²) in [7, 11) is 0. The molecule has 1 aliphatic heterocycles. The van der Waals surface area contributed by atoms with E-state index in [9.17, 15) is 4.79 Å². The Labute approximate surface area is 126 Å². The van der Waals surface area contributed by atoms with Crippen molar-refractivity contribution in [2.24, 2.45) is 5.92 Å². The molecule has 0 spiro atoms. The van der Waals surface area contributed by atoms with E-state index < -0.39 is 0 Å². The second-order valence-corrected chi connectivity index (χ2v) is 6.28. The summed E-state index contributed by atoms with van der Waals surface area (Å²) in [4.78, 5) is 18.8. The van der Waals surface area contributed by atoms with Gasteiger partial charge < -0.3 is 10.2 Å². The van der Waals surface area contributed by atoms with Gasteiger partial charge in [0.2, 0.25) is 0 Å². The third-order valence-corrected chi connectivity index (χ3v) is 4.90. The van der Waals surface area contributed by atoms with Gasteiger partial charge in [0.05, 0.1) is 12.2 Å².